The summed E-state index contributed by atoms with van der Waals surface area (Å²) in [5, 5.41) is 8.72. The number of alkyl halides is 2. The highest BCUT2D eigenvalue weighted by molar-refractivity contribution is 7.15. The number of aromatic carboxylic acids is 1. The molecule has 0 spiro atoms. The lowest BCUT2D eigenvalue weighted by Crippen LogP contribution is -1.99. The third kappa shape index (κ3) is 2.19. The van der Waals surface area contributed by atoms with Gasteiger partial charge in [0.1, 0.15) is 0 Å². The maximum Gasteiger partial charge on any atom is 0.374 e. The average Bonchev–Trinajstić information content (AvgIpc) is 2.82. The highest BCUT2D eigenvalue weighted by Gasteiger charge is 2.27. The van der Waals surface area contributed by atoms with Crippen molar-refractivity contribution in [3.63, 3.8) is 0 Å². The molecular weight excluding hydrogens is 252 g/mol. The Balaban J connectivity index is 2.50. The first-order chi connectivity index (χ1) is 7.99. The van der Waals surface area contributed by atoms with E-state index in [2.05, 4.69) is 4.98 Å². The SMILES string of the molecule is Cc1ccc(-c2nc(C(F)F)c(C(=O)O)o2)s1. The summed E-state index contributed by atoms with van der Waals surface area (Å²) < 4.78 is 29.9. The molecule has 90 valence electrons. The van der Waals surface area contributed by atoms with Gasteiger partial charge in [-0.2, -0.15) is 0 Å². The zero-order valence-corrected chi connectivity index (χ0v) is 9.42. The molecule has 0 fully saturated rings. The van der Waals surface area contributed by atoms with Gasteiger partial charge in [0.25, 0.3) is 6.43 Å². The monoisotopic (exact) mass is 259 g/mol. The number of carbonyl (C=O) groups is 1. The van der Waals surface area contributed by atoms with Gasteiger partial charge in [0.05, 0.1) is 4.88 Å². The van der Waals surface area contributed by atoms with Crippen molar-refractivity contribution in [2.24, 2.45) is 0 Å². The standard InChI is InChI=1S/C10H7F2NO3S/c1-4-2-3-5(17-4)9-13-6(8(11)12)7(16-9)10(14)15/h2-3,8H,1H3,(H,14,15). The molecule has 0 saturated heterocycles. The second kappa shape index (κ2) is 4.25. The summed E-state index contributed by atoms with van der Waals surface area (Å²) in [5.74, 6) is -2.44. The molecular formula is C10H7F2NO3S. The molecule has 0 bridgehead atoms. The van der Waals surface area contributed by atoms with Crippen molar-refractivity contribution in [1.29, 1.82) is 0 Å². The van der Waals surface area contributed by atoms with Crippen LogP contribution >= 0.6 is 11.3 Å². The Morgan fingerprint density at radius 2 is 2.24 bits per heavy atom. The van der Waals surface area contributed by atoms with Crippen LogP contribution in [0, 0.1) is 6.92 Å². The van der Waals surface area contributed by atoms with Crippen molar-refractivity contribution in [2.75, 3.05) is 0 Å². The first-order valence-corrected chi connectivity index (χ1v) is 5.39. The Bertz CT molecular complexity index is 562. The molecule has 0 unspecified atom stereocenters. The van der Waals surface area contributed by atoms with Crippen molar-refractivity contribution < 1.29 is 23.1 Å². The lowest BCUT2D eigenvalue weighted by molar-refractivity contribution is 0.0647. The number of aromatic nitrogens is 1. The summed E-state index contributed by atoms with van der Waals surface area (Å²) in [6.45, 7) is 1.84. The Kier molecular flexibility index (Phi) is 2.93. The molecule has 0 radical (unpaired) electrons. The maximum absolute atomic E-state index is 12.5. The predicted molar refractivity (Wildman–Crippen MR) is 56.5 cm³/mol. The summed E-state index contributed by atoms with van der Waals surface area (Å²) >= 11 is 1.29. The first-order valence-electron chi connectivity index (χ1n) is 4.58. The van der Waals surface area contributed by atoms with Crippen molar-refractivity contribution in [3.8, 4) is 10.8 Å². The molecule has 2 aromatic rings. The van der Waals surface area contributed by atoms with Crippen molar-refractivity contribution in [3.05, 3.63) is 28.5 Å². The van der Waals surface area contributed by atoms with E-state index in [9.17, 15) is 13.6 Å². The van der Waals surface area contributed by atoms with Crippen LogP contribution < -0.4 is 0 Å². The van der Waals surface area contributed by atoms with E-state index < -0.39 is 23.8 Å². The summed E-state index contributed by atoms with van der Waals surface area (Å²) in [6, 6.07) is 3.42. The van der Waals surface area contributed by atoms with E-state index in [1.807, 2.05) is 6.92 Å². The number of hydrogen-bond acceptors (Lipinski definition) is 4. The molecule has 2 rings (SSSR count). The third-order valence-electron chi connectivity index (χ3n) is 2.01. The van der Waals surface area contributed by atoms with Gasteiger partial charge in [0.2, 0.25) is 11.7 Å². The van der Waals surface area contributed by atoms with Crippen LogP contribution in [0.15, 0.2) is 16.5 Å². The molecule has 0 amide bonds. The fourth-order valence-corrected chi connectivity index (χ4v) is 2.08. The van der Waals surface area contributed by atoms with Gasteiger partial charge in [0.15, 0.2) is 5.69 Å². The molecule has 0 aliphatic heterocycles. The zero-order valence-electron chi connectivity index (χ0n) is 8.61. The molecule has 17 heavy (non-hydrogen) atoms. The van der Waals surface area contributed by atoms with Gasteiger partial charge in [-0.15, -0.1) is 11.3 Å². The third-order valence-corrected chi connectivity index (χ3v) is 2.99. The van der Waals surface area contributed by atoms with Crippen LogP contribution in [0.4, 0.5) is 8.78 Å². The van der Waals surface area contributed by atoms with Crippen molar-refractivity contribution in [1.82, 2.24) is 4.98 Å². The number of carboxylic acid groups (broad SMARTS) is 1. The number of nitrogens with zero attached hydrogens (tertiary/aromatic N) is 1. The van der Waals surface area contributed by atoms with Crippen LogP contribution in [0.25, 0.3) is 10.8 Å². The van der Waals surface area contributed by atoms with Crippen molar-refractivity contribution >= 4 is 17.3 Å². The molecule has 0 atom stereocenters. The largest absolute Gasteiger partial charge is 0.475 e. The Hall–Kier alpha value is -1.76. The van der Waals surface area contributed by atoms with E-state index in [0.717, 1.165) is 4.88 Å². The number of thiophene rings is 1. The van der Waals surface area contributed by atoms with Gasteiger partial charge in [0, 0.05) is 4.88 Å². The van der Waals surface area contributed by atoms with E-state index in [1.165, 1.54) is 11.3 Å². The van der Waals surface area contributed by atoms with E-state index in [-0.39, 0.29) is 5.89 Å². The molecule has 1 N–H and O–H groups in total. The number of halogens is 2. The normalized spacial score (nSPS) is 11.1. The highest BCUT2D eigenvalue weighted by Crippen LogP contribution is 2.31. The molecule has 2 heterocycles. The first kappa shape index (κ1) is 11.7. The zero-order chi connectivity index (χ0) is 12.6. The molecule has 0 aromatic carbocycles. The fourth-order valence-electron chi connectivity index (χ4n) is 1.29. The molecule has 0 saturated carbocycles. The van der Waals surface area contributed by atoms with Gasteiger partial charge in [-0.25, -0.2) is 18.6 Å². The second-order valence-electron chi connectivity index (χ2n) is 3.25. The molecule has 0 aliphatic carbocycles. The smallest absolute Gasteiger partial charge is 0.374 e. The molecule has 0 aliphatic rings. The van der Waals surface area contributed by atoms with Crippen molar-refractivity contribution in [2.45, 2.75) is 13.3 Å². The summed E-state index contributed by atoms with van der Waals surface area (Å²) in [7, 11) is 0. The lowest BCUT2D eigenvalue weighted by Gasteiger charge is -1.91. The number of oxazole rings is 1. The van der Waals surface area contributed by atoms with Gasteiger partial charge >= 0.3 is 5.97 Å². The quantitative estimate of drug-likeness (QED) is 0.918. The lowest BCUT2D eigenvalue weighted by atomic mass is 10.3. The van der Waals surface area contributed by atoms with Crippen LogP contribution in [0.3, 0.4) is 0 Å². The van der Waals surface area contributed by atoms with Crippen LogP contribution in [-0.4, -0.2) is 16.1 Å². The van der Waals surface area contributed by atoms with Crippen LogP contribution in [0.5, 0.6) is 0 Å². The van der Waals surface area contributed by atoms with E-state index in [0.29, 0.717) is 4.88 Å². The Morgan fingerprint density at radius 3 is 2.65 bits per heavy atom. The fraction of sp³-hybridized carbons (Fsp3) is 0.200. The number of aryl methyl sites for hydroxylation is 1. The minimum absolute atomic E-state index is 0.0872. The van der Waals surface area contributed by atoms with Crippen LogP contribution in [0.1, 0.15) is 27.6 Å². The van der Waals surface area contributed by atoms with Gasteiger partial charge in [-0.3, -0.25) is 0 Å². The minimum atomic E-state index is -2.97. The maximum atomic E-state index is 12.5. The van der Waals surface area contributed by atoms with Crippen LogP contribution in [0.2, 0.25) is 0 Å². The van der Waals surface area contributed by atoms with Gasteiger partial charge < -0.3 is 9.52 Å². The Labute approximate surface area is 98.5 Å². The predicted octanol–water partition coefficient (Wildman–Crippen LogP) is 3.35. The topological polar surface area (TPSA) is 63.3 Å². The Morgan fingerprint density at radius 1 is 1.53 bits per heavy atom. The summed E-state index contributed by atoms with van der Waals surface area (Å²) in [4.78, 5) is 15.7. The summed E-state index contributed by atoms with van der Waals surface area (Å²) in [5.41, 5.74) is -0.835. The van der Waals surface area contributed by atoms with Crippen LogP contribution in [-0.2, 0) is 0 Å². The number of rotatable bonds is 3. The molecule has 7 heteroatoms. The average molecular weight is 259 g/mol. The van der Waals surface area contributed by atoms with E-state index in [1.54, 1.807) is 12.1 Å². The van der Waals surface area contributed by atoms with Gasteiger partial charge in [-0.05, 0) is 19.1 Å². The summed E-state index contributed by atoms with van der Waals surface area (Å²) in [6.07, 6.45) is -2.97. The van der Waals surface area contributed by atoms with E-state index >= 15 is 0 Å². The minimum Gasteiger partial charge on any atom is -0.475 e. The molecule has 4 nitrogen and oxygen atoms in total. The van der Waals surface area contributed by atoms with E-state index in [4.69, 9.17) is 9.52 Å². The number of hydrogen-bond donors (Lipinski definition) is 1. The highest BCUT2D eigenvalue weighted by atomic mass is 32.1. The molecule has 2 aromatic heterocycles. The second-order valence-corrected chi connectivity index (χ2v) is 4.54. The number of carboxylic acids is 1. The van der Waals surface area contributed by atoms with Gasteiger partial charge in [-0.1, -0.05) is 0 Å².